The largest absolute Gasteiger partial charge is 0.410 e. The van der Waals surface area contributed by atoms with E-state index in [1.165, 1.54) is 22.5 Å². The monoisotopic (exact) mass is 283 g/mol. The zero-order valence-corrected chi connectivity index (χ0v) is 10.8. The number of nitrogens with zero attached hydrogens (tertiary/aromatic N) is 4. The summed E-state index contributed by atoms with van der Waals surface area (Å²) in [5.74, 6) is 0. The fourth-order valence-corrected chi connectivity index (χ4v) is 3.55. The molecule has 1 fully saturated rings. The van der Waals surface area contributed by atoms with Gasteiger partial charge in [-0.15, -0.1) is 5.10 Å². The van der Waals surface area contributed by atoms with Gasteiger partial charge >= 0.3 is 0 Å². The smallest absolute Gasteiger partial charge is 0.243 e. The molecular weight excluding hydrogens is 270 g/mol. The molecule has 102 valence electrons. The average Bonchev–Trinajstić information content (AvgIpc) is 2.81. The second-order valence-corrected chi connectivity index (χ2v) is 6.22. The fraction of sp³-hybridized carbons (Fsp3) is 0.400. The Morgan fingerprint density at radius 3 is 2.74 bits per heavy atom. The van der Waals surface area contributed by atoms with Crippen molar-refractivity contribution < 1.29 is 13.6 Å². The number of sulfonamides is 1. The Morgan fingerprint density at radius 1 is 1.26 bits per heavy atom. The van der Waals surface area contributed by atoms with Gasteiger partial charge in [-0.05, 0) is 23.4 Å². The van der Waals surface area contributed by atoms with Gasteiger partial charge < -0.3 is 10.5 Å². The number of rotatable bonds is 2. The molecule has 0 unspecified atom stereocenters. The molecule has 3 rings (SSSR count). The van der Waals surface area contributed by atoms with Crippen LogP contribution in [0.5, 0.6) is 0 Å². The summed E-state index contributed by atoms with van der Waals surface area (Å²) in [6, 6.07) is 4.37. The summed E-state index contributed by atoms with van der Waals surface area (Å²) in [7, 11) is -3.51. The lowest BCUT2D eigenvalue weighted by molar-refractivity contribution is 0.154. The van der Waals surface area contributed by atoms with E-state index in [4.69, 9.17) is 0 Å². The van der Waals surface area contributed by atoms with E-state index >= 15 is 0 Å². The molecule has 1 aliphatic rings. The second kappa shape index (κ2) is 4.44. The van der Waals surface area contributed by atoms with E-state index in [9.17, 15) is 13.6 Å². The Balaban J connectivity index is 2.02. The van der Waals surface area contributed by atoms with E-state index in [1.807, 2.05) is 0 Å². The van der Waals surface area contributed by atoms with Crippen molar-refractivity contribution in [2.45, 2.75) is 4.90 Å². The molecule has 19 heavy (non-hydrogen) atoms. The molecule has 1 aromatic heterocycles. The number of benzene rings is 1. The summed E-state index contributed by atoms with van der Waals surface area (Å²) >= 11 is 0. The van der Waals surface area contributed by atoms with Gasteiger partial charge in [-0.2, -0.15) is 4.31 Å². The highest BCUT2D eigenvalue weighted by Gasteiger charge is 2.26. The van der Waals surface area contributed by atoms with Crippen molar-refractivity contribution in [2.24, 2.45) is 0 Å². The quantitative estimate of drug-likeness (QED) is 0.704. The van der Waals surface area contributed by atoms with Gasteiger partial charge in [0.15, 0.2) is 0 Å². The third-order valence-electron chi connectivity index (χ3n) is 3.11. The van der Waals surface area contributed by atoms with Gasteiger partial charge in [-0.25, -0.2) is 8.42 Å². The van der Waals surface area contributed by atoms with Crippen LogP contribution in [0.15, 0.2) is 23.1 Å². The van der Waals surface area contributed by atoms with Crippen LogP contribution in [0.25, 0.3) is 11.0 Å². The fourth-order valence-electron chi connectivity index (χ4n) is 2.09. The van der Waals surface area contributed by atoms with Gasteiger partial charge in [0.1, 0.15) is 11.0 Å². The number of hydrogen-bond donors (Lipinski definition) is 2. The molecule has 1 aromatic carbocycles. The minimum atomic E-state index is -3.51. The normalized spacial score (nSPS) is 17.9. The topological polar surface area (TPSA) is 100 Å². The first-order valence-electron chi connectivity index (χ1n) is 5.84. The summed E-state index contributed by atoms with van der Waals surface area (Å²) in [5.41, 5.74) is 0.720. The highest BCUT2D eigenvalue weighted by Crippen LogP contribution is 2.20. The van der Waals surface area contributed by atoms with Crippen molar-refractivity contribution in [3.05, 3.63) is 18.2 Å². The minimum absolute atomic E-state index is 0.169. The van der Waals surface area contributed by atoms with Crippen LogP contribution in [0.1, 0.15) is 0 Å². The van der Waals surface area contributed by atoms with E-state index < -0.39 is 10.0 Å². The SMILES string of the molecule is O=S(=O)(c1ccc2c(c1)nnn2O)N1CCNCC1. The first-order valence-corrected chi connectivity index (χ1v) is 7.28. The molecule has 2 heterocycles. The lowest BCUT2D eigenvalue weighted by Crippen LogP contribution is -2.46. The molecule has 2 aromatic rings. The Bertz CT molecular complexity index is 705. The number of piperazine rings is 1. The number of nitrogens with one attached hydrogen (secondary N) is 1. The Morgan fingerprint density at radius 2 is 2.00 bits per heavy atom. The Kier molecular flexibility index (Phi) is 2.88. The highest BCUT2D eigenvalue weighted by atomic mass is 32.2. The lowest BCUT2D eigenvalue weighted by atomic mass is 10.3. The van der Waals surface area contributed by atoms with Crippen molar-refractivity contribution in [3.63, 3.8) is 0 Å². The van der Waals surface area contributed by atoms with Gasteiger partial charge in [0.2, 0.25) is 10.0 Å². The predicted octanol–water partition coefficient (Wildman–Crippen LogP) is -0.737. The third kappa shape index (κ3) is 2.05. The first kappa shape index (κ1) is 12.3. The molecule has 0 amide bonds. The first-order chi connectivity index (χ1) is 9.09. The summed E-state index contributed by atoms with van der Waals surface area (Å²) in [6.45, 7) is 2.20. The average molecular weight is 283 g/mol. The summed E-state index contributed by atoms with van der Waals surface area (Å²) in [5, 5.41) is 19.6. The van der Waals surface area contributed by atoms with Crippen molar-refractivity contribution >= 4 is 21.1 Å². The molecule has 0 saturated carbocycles. The maximum atomic E-state index is 12.4. The van der Waals surface area contributed by atoms with Gasteiger partial charge in [-0.3, -0.25) is 0 Å². The van der Waals surface area contributed by atoms with Gasteiger partial charge in [0, 0.05) is 26.2 Å². The van der Waals surface area contributed by atoms with E-state index in [1.54, 1.807) is 0 Å². The van der Waals surface area contributed by atoms with Gasteiger partial charge in [0.05, 0.1) is 4.90 Å². The predicted molar refractivity (Wildman–Crippen MR) is 66.3 cm³/mol. The molecule has 9 heteroatoms. The number of aromatic nitrogens is 3. The zero-order chi connectivity index (χ0) is 13.5. The van der Waals surface area contributed by atoms with E-state index in [-0.39, 0.29) is 4.90 Å². The van der Waals surface area contributed by atoms with Gasteiger partial charge in [-0.1, -0.05) is 4.85 Å². The van der Waals surface area contributed by atoms with Crippen LogP contribution in [0.2, 0.25) is 0 Å². The molecular formula is C10H13N5O3S. The van der Waals surface area contributed by atoms with Crippen molar-refractivity contribution in [3.8, 4) is 0 Å². The van der Waals surface area contributed by atoms with Gasteiger partial charge in [0.25, 0.3) is 0 Å². The molecule has 8 nitrogen and oxygen atoms in total. The standard InChI is InChI=1S/C10H13N5O3S/c16-15-10-2-1-8(7-9(10)12-13-15)19(17,18)14-5-3-11-4-6-14/h1-2,7,11,16H,3-6H2. The Labute approximate surface area is 109 Å². The van der Waals surface area contributed by atoms with E-state index in [2.05, 4.69) is 15.6 Å². The lowest BCUT2D eigenvalue weighted by Gasteiger charge is -2.26. The molecule has 0 atom stereocenters. The second-order valence-electron chi connectivity index (χ2n) is 4.28. The van der Waals surface area contributed by atoms with E-state index in [0.717, 1.165) is 0 Å². The minimum Gasteiger partial charge on any atom is -0.410 e. The maximum Gasteiger partial charge on any atom is 0.243 e. The summed E-state index contributed by atoms with van der Waals surface area (Å²) < 4.78 is 26.3. The van der Waals surface area contributed by atoms with Crippen molar-refractivity contribution in [1.29, 1.82) is 0 Å². The Hall–Kier alpha value is -1.71. The molecule has 2 N–H and O–H groups in total. The zero-order valence-electron chi connectivity index (χ0n) is 10.0. The van der Waals surface area contributed by atoms with Crippen LogP contribution in [-0.4, -0.2) is 59.3 Å². The molecule has 1 aliphatic heterocycles. The van der Waals surface area contributed by atoms with Crippen LogP contribution in [0.3, 0.4) is 0 Å². The summed E-state index contributed by atoms with van der Waals surface area (Å²) in [4.78, 5) is 0.790. The highest BCUT2D eigenvalue weighted by molar-refractivity contribution is 7.89. The van der Waals surface area contributed by atoms with Crippen LogP contribution < -0.4 is 5.32 Å². The number of hydrogen-bond acceptors (Lipinski definition) is 6. The van der Waals surface area contributed by atoms with Crippen LogP contribution in [0.4, 0.5) is 0 Å². The maximum absolute atomic E-state index is 12.4. The third-order valence-corrected chi connectivity index (χ3v) is 5.01. The number of fused-ring (bicyclic) bond motifs is 1. The van der Waals surface area contributed by atoms with Crippen LogP contribution in [-0.2, 0) is 10.0 Å². The molecule has 1 saturated heterocycles. The molecule has 0 bridgehead atoms. The van der Waals surface area contributed by atoms with Crippen LogP contribution >= 0.6 is 0 Å². The molecule has 0 aliphatic carbocycles. The molecule has 0 spiro atoms. The van der Waals surface area contributed by atoms with Crippen molar-refractivity contribution in [2.75, 3.05) is 26.2 Å². The van der Waals surface area contributed by atoms with E-state index in [0.29, 0.717) is 42.1 Å². The van der Waals surface area contributed by atoms with Crippen LogP contribution in [0, 0.1) is 0 Å². The van der Waals surface area contributed by atoms with Crippen molar-refractivity contribution in [1.82, 2.24) is 24.8 Å². The summed E-state index contributed by atoms with van der Waals surface area (Å²) in [6.07, 6.45) is 0. The molecule has 0 radical (unpaired) electrons.